The fourth-order valence-corrected chi connectivity index (χ4v) is 3.64. The summed E-state index contributed by atoms with van der Waals surface area (Å²) in [4.78, 5) is 4.35. The van der Waals surface area contributed by atoms with Gasteiger partial charge in [-0.05, 0) is 61.4 Å². The lowest BCUT2D eigenvalue weighted by Crippen LogP contribution is -1.99. The first-order valence-electron chi connectivity index (χ1n) is 6.34. The van der Waals surface area contributed by atoms with Gasteiger partial charge in [-0.2, -0.15) is 4.37 Å². The van der Waals surface area contributed by atoms with E-state index in [4.69, 9.17) is 11.6 Å². The zero-order valence-corrected chi connectivity index (χ0v) is 13.8. The molecule has 0 N–H and O–H groups in total. The predicted octanol–water partition coefficient (Wildman–Crippen LogP) is 3.93. The van der Waals surface area contributed by atoms with Gasteiger partial charge in [0.2, 0.25) is 0 Å². The summed E-state index contributed by atoms with van der Waals surface area (Å²) in [6, 6.07) is 7.60. The molecule has 0 fully saturated rings. The van der Waals surface area contributed by atoms with E-state index in [1.807, 2.05) is 31.2 Å². The van der Waals surface area contributed by atoms with Gasteiger partial charge in [-0.15, -0.1) is 10.2 Å². The molecule has 0 saturated carbocycles. The van der Waals surface area contributed by atoms with Crippen LogP contribution in [0, 0.1) is 6.92 Å². The summed E-state index contributed by atoms with van der Waals surface area (Å²) in [6.45, 7) is 4.73. The lowest BCUT2D eigenvalue weighted by molar-refractivity contribution is 0.687. The summed E-state index contributed by atoms with van der Waals surface area (Å²) in [5, 5.41) is 10.1. The number of hydrogen-bond acceptors (Lipinski definition) is 6. The molecule has 1 aromatic carbocycles. The van der Waals surface area contributed by atoms with Crippen molar-refractivity contribution in [2.45, 2.75) is 29.9 Å². The summed E-state index contributed by atoms with van der Waals surface area (Å²) >= 11 is 8.79. The van der Waals surface area contributed by atoms with Gasteiger partial charge in [0.1, 0.15) is 5.82 Å². The van der Waals surface area contributed by atoms with Crippen molar-refractivity contribution in [3.05, 3.63) is 35.1 Å². The normalized spacial score (nSPS) is 11.0. The summed E-state index contributed by atoms with van der Waals surface area (Å²) in [7, 11) is 0. The molecule has 8 heteroatoms. The lowest BCUT2D eigenvalue weighted by Gasteiger charge is -2.06. The molecule has 0 saturated heterocycles. The van der Waals surface area contributed by atoms with E-state index in [9.17, 15) is 0 Å². The predicted molar refractivity (Wildman–Crippen MR) is 84.9 cm³/mol. The van der Waals surface area contributed by atoms with Crippen LogP contribution in [0.1, 0.15) is 12.7 Å². The topological polar surface area (TPSA) is 56.5 Å². The molecule has 2 heterocycles. The third-order valence-electron chi connectivity index (χ3n) is 2.82. The van der Waals surface area contributed by atoms with Gasteiger partial charge in [0.25, 0.3) is 0 Å². The third-order valence-corrected chi connectivity index (χ3v) is 4.90. The van der Waals surface area contributed by atoms with Crippen LogP contribution in [0.2, 0.25) is 5.02 Å². The number of nitrogens with zero attached hydrogens (tertiary/aromatic N) is 5. The first-order valence-corrected chi connectivity index (χ1v) is 8.31. The van der Waals surface area contributed by atoms with Crippen molar-refractivity contribution in [3.8, 4) is 11.4 Å². The highest BCUT2D eigenvalue weighted by Crippen LogP contribution is 2.30. The van der Waals surface area contributed by atoms with Crippen molar-refractivity contribution < 1.29 is 0 Å². The van der Waals surface area contributed by atoms with Crippen LogP contribution < -0.4 is 0 Å². The molecule has 0 radical (unpaired) electrons. The van der Waals surface area contributed by atoms with Crippen LogP contribution in [0.4, 0.5) is 0 Å². The van der Waals surface area contributed by atoms with Gasteiger partial charge in [0, 0.05) is 17.1 Å². The molecule has 0 aliphatic heterocycles. The number of aryl methyl sites for hydroxylation is 1. The van der Waals surface area contributed by atoms with Crippen molar-refractivity contribution in [1.82, 2.24) is 24.1 Å². The van der Waals surface area contributed by atoms with Crippen molar-refractivity contribution in [1.29, 1.82) is 0 Å². The SMILES string of the molecule is CCn1c(Sc2nc(C)ns2)nnc1-c1ccc(Cl)cc1. The Morgan fingerprint density at radius 3 is 2.62 bits per heavy atom. The average molecular weight is 338 g/mol. The molecule has 0 atom stereocenters. The lowest BCUT2D eigenvalue weighted by atomic mass is 10.2. The van der Waals surface area contributed by atoms with Crippen LogP contribution in [0.5, 0.6) is 0 Å². The molecule has 0 amide bonds. The Balaban J connectivity index is 1.94. The largest absolute Gasteiger partial charge is 0.302 e. The minimum Gasteiger partial charge on any atom is -0.302 e. The third kappa shape index (κ3) is 3.09. The van der Waals surface area contributed by atoms with Gasteiger partial charge in [0.05, 0.1) is 0 Å². The van der Waals surface area contributed by atoms with E-state index in [1.54, 1.807) is 0 Å². The number of rotatable bonds is 4. The van der Waals surface area contributed by atoms with E-state index >= 15 is 0 Å². The molecule has 0 spiro atoms. The molecule has 108 valence electrons. The smallest absolute Gasteiger partial charge is 0.198 e. The fraction of sp³-hybridized carbons (Fsp3) is 0.231. The molecular formula is C13H12ClN5S2. The second-order valence-corrected chi connectivity index (χ2v) is 6.67. The van der Waals surface area contributed by atoms with Gasteiger partial charge in [-0.25, -0.2) is 4.98 Å². The maximum Gasteiger partial charge on any atom is 0.198 e. The molecule has 0 aliphatic rings. The standard InChI is InChI=1S/C13H12ClN5S2/c1-3-19-11(9-4-6-10(14)7-5-9)16-17-12(19)20-13-15-8(2)18-21-13/h4-7H,3H2,1-2H3. The Hall–Kier alpha value is -1.44. The van der Waals surface area contributed by atoms with E-state index < -0.39 is 0 Å². The summed E-state index contributed by atoms with van der Waals surface area (Å²) in [5.74, 6) is 1.61. The Morgan fingerprint density at radius 1 is 1.24 bits per heavy atom. The van der Waals surface area contributed by atoms with E-state index in [1.165, 1.54) is 23.3 Å². The van der Waals surface area contributed by atoms with Crippen LogP contribution in [-0.2, 0) is 6.54 Å². The van der Waals surface area contributed by atoms with Gasteiger partial charge in [0.15, 0.2) is 15.3 Å². The molecule has 3 rings (SSSR count). The minimum atomic E-state index is 0.709. The van der Waals surface area contributed by atoms with Crippen LogP contribution in [0.3, 0.4) is 0 Å². The second kappa shape index (κ2) is 6.13. The number of hydrogen-bond donors (Lipinski definition) is 0. The number of benzene rings is 1. The van der Waals surface area contributed by atoms with E-state index in [0.29, 0.717) is 5.02 Å². The van der Waals surface area contributed by atoms with E-state index in [0.717, 1.165) is 33.3 Å². The summed E-state index contributed by atoms with van der Waals surface area (Å²) in [6.07, 6.45) is 0. The van der Waals surface area contributed by atoms with Gasteiger partial charge < -0.3 is 4.57 Å². The molecule has 3 aromatic rings. The molecule has 0 unspecified atom stereocenters. The van der Waals surface area contributed by atoms with Crippen LogP contribution in [0.15, 0.2) is 33.8 Å². The second-order valence-electron chi connectivity index (χ2n) is 4.27. The number of aromatic nitrogens is 5. The quantitative estimate of drug-likeness (QED) is 0.722. The Bertz CT molecular complexity index is 750. The van der Waals surface area contributed by atoms with Gasteiger partial charge in [-0.1, -0.05) is 11.6 Å². The van der Waals surface area contributed by atoms with Crippen molar-refractivity contribution >= 4 is 34.9 Å². The minimum absolute atomic E-state index is 0.709. The zero-order chi connectivity index (χ0) is 14.8. The molecule has 2 aromatic heterocycles. The maximum absolute atomic E-state index is 5.93. The average Bonchev–Trinajstić information content (AvgIpc) is 3.06. The van der Waals surface area contributed by atoms with Gasteiger partial charge in [-0.3, -0.25) is 0 Å². The highest BCUT2D eigenvalue weighted by Gasteiger charge is 2.15. The monoisotopic (exact) mass is 337 g/mol. The Morgan fingerprint density at radius 2 is 2.00 bits per heavy atom. The van der Waals surface area contributed by atoms with Gasteiger partial charge >= 0.3 is 0 Å². The molecule has 0 aliphatic carbocycles. The Kier molecular flexibility index (Phi) is 4.23. The van der Waals surface area contributed by atoms with Crippen molar-refractivity contribution in [2.75, 3.05) is 0 Å². The molecule has 0 bridgehead atoms. The maximum atomic E-state index is 5.93. The molecular weight excluding hydrogens is 326 g/mol. The van der Waals surface area contributed by atoms with Crippen molar-refractivity contribution in [3.63, 3.8) is 0 Å². The van der Waals surface area contributed by atoms with E-state index in [-0.39, 0.29) is 0 Å². The number of halogens is 1. The first kappa shape index (κ1) is 14.5. The molecule has 5 nitrogen and oxygen atoms in total. The summed E-state index contributed by atoms with van der Waals surface area (Å²) in [5.41, 5.74) is 0.994. The molecule has 21 heavy (non-hydrogen) atoms. The fourth-order valence-electron chi connectivity index (χ4n) is 1.86. The van der Waals surface area contributed by atoms with Crippen LogP contribution in [-0.4, -0.2) is 24.1 Å². The summed E-state index contributed by atoms with van der Waals surface area (Å²) < 4.78 is 7.11. The van der Waals surface area contributed by atoms with Crippen LogP contribution in [0.25, 0.3) is 11.4 Å². The van der Waals surface area contributed by atoms with Crippen molar-refractivity contribution in [2.24, 2.45) is 0 Å². The highest BCUT2D eigenvalue weighted by molar-refractivity contribution is 8.00. The highest BCUT2D eigenvalue weighted by atomic mass is 35.5. The zero-order valence-electron chi connectivity index (χ0n) is 11.4. The first-order chi connectivity index (χ1) is 10.2. The van der Waals surface area contributed by atoms with Crippen LogP contribution >= 0.6 is 34.9 Å². The Labute approximate surface area is 135 Å². The van der Waals surface area contributed by atoms with E-state index in [2.05, 4.69) is 31.0 Å².